The first kappa shape index (κ1) is 13.7. The van der Waals surface area contributed by atoms with Gasteiger partial charge in [-0.3, -0.25) is 0 Å². The van der Waals surface area contributed by atoms with E-state index >= 15 is 0 Å². The van der Waals surface area contributed by atoms with Crippen LogP contribution < -0.4 is 5.32 Å². The van der Waals surface area contributed by atoms with Gasteiger partial charge in [-0.15, -0.1) is 0 Å². The van der Waals surface area contributed by atoms with Gasteiger partial charge < -0.3 is 15.1 Å². The number of nitrogens with zero attached hydrogens (tertiary/aromatic N) is 2. The van der Waals surface area contributed by atoms with Crippen molar-refractivity contribution in [2.45, 2.75) is 51.5 Å². The summed E-state index contributed by atoms with van der Waals surface area (Å²) in [6.45, 7) is 7.04. The van der Waals surface area contributed by atoms with Crippen molar-refractivity contribution in [2.24, 2.45) is 0 Å². The Morgan fingerprint density at radius 3 is 2.72 bits per heavy atom. The van der Waals surface area contributed by atoms with E-state index in [9.17, 15) is 4.79 Å². The summed E-state index contributed by atoms with van der Waals surface area (Å²) in [5.74, 6) is 0. The van der Waals surface area contributed by atoms with Crippen molar-refractivity contribution in [1.29, 1.82) is 0 Å². The van der Waals surface area contributed by atoms with E-state index < -0.39 is 0 Å². The van der Waals surface area contributed by atoms with Crippen LogP contribution in [0.1, 0.15) is 45.4 Å². The van der Waals surface area contributed by atoms with E-state index in [-0.39, 0.29) is 6.03 Å². The number of rotatable bonds is 5. The molecule has 0 saturated carbocycles. The van der Waals surface area contributed by atoms with E-state index in [4.69, 9.17) is 0 Å². The zero-order valence-corrected chi connectivity index (χ0v) is 11.7. The van der Waals surface area contributed by atoms with E-state index in [1.807, 2.05) is 4.90 Å². The number of nitrogens with one attached hydrogen (secondary N) is 1. The van der Waals surface area contributed by atoms with Gasteiger partial charge in [-0.05, 0) is 38.6 Å². The average Bonchev–Trinajstić information content (AvgIpc) is 3.06. The van der Waals surface area contributed by atoms with Gasteiger partial charge in [0, 0.05) is 32.2 Å². The molecular formula is C14H27N3O. The van der Waals surface area contributed by atoms with Crippen LogP contribution in [0.25, 0.3) is 0 Å². The van der Waals surface area contributed by atoms with Gasteiger partial charge >= 0.3 is 6.03 Å². The highest BCUT2D eigenvalue weighted by Crippen LogP contribution is 2.14. The molecule has 104 valence electrons. The van der Waals surface area contributed by atoms with Crippen molar-refractivity contribution in [3.8, 4) is 0 Å². The second kappa shape index (κ2) is 6.98. The molecule has 4 nitrogen and oxygen atoms in total. The summed E-state index contributed by atoms with van der Waals surface area (Å²) >= 11 is 0. The van der Waals surface area contributed by atoms with Crippen LogP contribution in [0.2, 0.25) is 0 Å². The minimum absolute atomic E-state index is 0.273. The molecule has 2 fully saturated rings. The molecule has 4 heteroatoms. The number of urea groups is 1. The van der Waals surface area contributed by atoms with Crippen LogP contribution in [0.3, 0.4) is 0 Å². The van der Waals surface area contributed by atoms with Gasteiger partial charge in [0.1, 0.15) is 0 Å². The fourth-order valence-corrected chi connectivity index (χ4v) is 2.90. The first-order chi connectivity index (χ1) is 8.81. The molecule has 2 rings (SSSR count). The van der Waals surface area contributed by atoms with Crippen LogP contribution in [0.15, 0.2) is 0 Å². The third-order valence-electron chi connectivity index (χ3n) is 4.03. The number of unbranched alkanes of at least 4 members (excludes halogenated alkanes) is 1. The molecule has 0 aliphatic carbocycles. The SMILES string of the molecule is CCCCN(CC1CCCN1)C(=O)N1CCCC1. The van der Waals surface area contributed by atoms with E-state index in [1.54, 1.807) is 0 Å². The molecular weight excluding hydrogens is 226 g/mol. The van der Waals surface area contributed by atoms with Gasteiger partial charge in [-0.2, -0.15) is 0 Å². The molecule has 0 aromatic rings. The van der Waals surface area contributed by atoms with Gasteiger partial charge in [-0.25, -0.2) is 4.79 Å². The zero-order chi connectivity index (χ0) is 12.8. The maximum absolute atomic E-state index is 12.5. The quantitative estimate of drug-likeness (QED) is 0.814. The lowest BCUT2D eigenvalue weighted by atomic mass is 10.2. The van der Waals surface area contributed by atoms with Crippen molar-refractivity contribution < 1.29 is 4.79 Å². The summed E-state index contributed by atoms with van der Waals surface area (Å²) in [6, 6.07) is 0.794. The van der Waals surface area contributed by atoms with Crippen LogP contribution in [0, 0.1) is 0 Å². The first-order valence-electron chi connectivity index (χ1n) is 7.58. The molecule has 2 saturated heterocycles. The van der Waals surface area contributed by atoms with Crippen molar-refractivity contribution in [3.05, 3.63) is 0 Å². The smallest absolute Gasteiger partial charge is 0.320 e. The topological polar surface area (TPSA) is 35.6 Å². The second-order valence-electron chi connectivity index (χ2n) is 5.57. The molecule has 2 aliphatic rings. The van der Waals surface area contributed by atoms with Crippen LogP contribution in [0.5, 0.6) is 0 Å². The minimum Gasteiger partial charge on any atom is -0.325 e. The summed E-state index contributed by atoms with van der Waals surface area (Å²) in [5.41, 5.74) is 0. The molecule has 2 amide bonds. The van der Waals surface area contributed by atoms with E-state index in [1.165, 1.54) is 25.7 Å². The molecule has 0 spiro atoms. The molecule has 1 N–H and O–H groups in total. The zero-order valence-electron chi connectivity index (χ0n) is 11.7. The van der Waals surface area contributed by atoms with Crippen molar-refractivity contribution in [3.63, 3.8) is 0 Å². The molecule has 0 radical (unpaired) electrons. The number of hydrogen-bond donors (Lipinski definition) is 1. The number of carbonyl (C=O) groups is 1. The lowest BCUT2D eigenvalue weighted by molar-refractivity contribution is 0.157. The third kappa shape index (κ3) is 3.61. The lowest BCUT2D eigenvalue weighted by Crippen LogP contribution is -2.47. The molecule has 0 bridgehead atoms. The van der Waals surface area contributed by atoms with Crippen molar-refractivity contribution in [1.82, 2.24) is 15.1 Å². The summed E-state index contributed by atoms with van der Waals surface area (Å²) in [5, 5.41) is 3.50. The monoisotopic (exact) mass is 253 g/mol. The molecule has 0 aromatic heterocycles. The number of hydrogen-bond acceptors (Lipinski definition) is 2. The Morgan fingerprint density at radius 1 is 1.33 bits per heavy atom. The predicted octanol–water partition coefficient (Wildman–Crippen LogP) is 2.06. The molecule has 1 unspecified atom stereocenters. The highest BCUT2D eigenvalue weighted by molar-refractivity contribution is 5.74. The highest BCUT2D eigenvalue weighted by atomic mass is 16.2. The number of carbonyl (C=O) groups excluding carboxylic acids is 1. The van der Waals surface area contributed by atoms with E-state index in [0.29, 0.717) is 6.04 Å². The van der Waals surface area contributed by atoms with E-state index in [2.05, 4.69) is 17.1 Å². The van der Waals surface area contributed by atoms with Gasteiger partial charge in [0.2, 0.25) is 0 Å². The standard InChI is InChI=1S/C14H27N3O/c1-2-3-9-17(12-13-7-6-8-15-13)14(18)16-10-4-5-11-16/h13,15H,2-12H2,1H3. The molecule has 2 aliphatic heterocycles. The Balaban J connectivity index is 1.87. The lowest BCUT2D eigenvalue weighted by Gasteiger charge is -2.30. The van der Waals surface area contributed by atoms with Crippen molar-refractivity contribution in [2.75, 3.05) is 32.7 Å². The Kier molecular flexibility index (Phi) is 5.29. The predicted molar refractivity (Wildman–Crippen MR) is 73.7 cm³/mol. The summed E-state index contributed by atoms with van der Waals surface area (Å²) < 4.78 is 0. The van der Waals surface area contributed by atoms with Gasteiger partial charge in [-0.1, -0.05) is 13.3 Å². The number of amides is 2. The maximum atomic E-state index is 12.5. The summed E-state index contributed by atoms with van der Waals surface area (Å²) in [4.78, 5) is 16.6. The van der Waals surface area contributed by atoms with Crippen LogP contribution in [-0.2, 0) is 0 Å². The second-order valence-corrected chi connectivity index (χ2v) is 5.57. The van der Waals surface area contributed by atoms with Crippen LogP contribution >= 0.6 is 0 Å². The molecule has 18 heavy (non-hydrogen) atoms. The van der Waals surface area contributed by atoms with Gasteiger partial charge in [0.25, 0.3) is 0 Å². The third-order valence-corrected chi connectivity index (χ3v) is 4.03. The van der Waals surface area contributed by atoms with Crippen LogP contribution in [-0.4, -0.2) is 54.6 Å². The van der Waals surface area contributed by atoms with Gasteiger partial charge in [0.05, 0.1) is 0 Å². The minimum atomic E-state index is 0.273. The maximum Gasteiger partial charge on any atom is 0.320 e. The van der Waals surface area contributed by atoms with Crippen LogP contribution in [0.4, 0.5) is 4.79 Å². The highest BCUT2D eigenvalue weighted by Gasteiger charge is 2.26. The molecule has 0 aromatic carbocycles. The van der Waals surface area contributed by atoms with E-state index in [0.717, 1.165) is 45.6 Å². The normalized spacial score (nSPS) is 23.6. The number of likely N-dealkylation sites (tertiary alicyclic amines) is 1. The largest absolute Gasteiger partial charge is 0.325 e. The molecule has 1 atom stereocenters. The summed E-state index contributed by atoms with van der Waals surface area (Å²) in [7, 11) is 0. The Bertz CT molecular complexity index is 258. The first-order valence-corrected chi connectivity index (χ1v) is 7.58. The van der Waals surface area contributed by atoms with Crippen molar-refractivity contribution >= 4 is 6.03 Å². The molecule has 2 heterocycles. The Hall–Kier alpha value is -0.770. The Labute approximate surface area is 111 Å². The average molecular weight is 253 g/mol. The Morgan fingerprint density at radius 2 is 2.11 bits per heavy atom. The fourth-order valence-electron chi connectivity index (χ4n) is 2.90. The summed E-state index contributed by atoms with van der Waals surface area (Å²) in [6.07, 6.45) is 7.10. The van der Waals surface area contributed by atoms with Gasteiger partial charge in [0.15, 0.2) is 0 Å². The fraction of sp³-hybridized carbons (Fsp3) is 0.929.